The van der Waals surface area contributed by atoms with E-state index in [0.717, 1.165) is 19.4 Å². The Labute approximate surface area is 109 Å². The van der Waals surface area contributed by atoms with Crippen LogP contribution < -0.4 is 5.32 Å². The molecule has 3 nitrogen and oxygen atoms in total. The third-order valence-electron chi connectivity index (χ3n) is 3.98. The maximum absolute atomic E-state index is 12.4. The van der Waals surface area contributed by atoms with Crippen molar-refractivity contribution in [2.75, 3.05) is 7.05 Å². The van der Waals surface area contributed by atoms with Crippen molar-refractivity contribution in [3.63, 3.8) is 0 Å². The lowest BCUT2D eigenvalue weighted by molar-refractivity contribution is -0.134. The third kappa shape index (κ3) is 2.56. The van der Waals surface area contributed by atoms with Crippen molar-refractivity contribution in [2.45, 2.75) is 45.3 Å². The van der Waals surface area contributed by atoms with E-state index in [-0.39, 0.29) is 11.9 Å². The molecule has 0 aliphatic carbocycles. The Bertz CT molecular complexity index is 430. The van der Waals surface area contributed by atoms with E-state index < -0.39 is 0 Å². The van der Waals surface area contributed by atoms with Crippen molar-refractivity contribution in [1.29, 1.82) is 0 Å². The van der Waals surface area contributed by atoms with Gasteiger partial charge in [-0.3, -0.25) is 4.79 Å². The normalized spacial score (nSPS) is 20.1. The fourth-order valence-electron chi connectivity index (χ4n) is 2.37. The van der Waals surface area contributed by atoms with Gasteiger partial charge in [0.25, 0.3) is 0 Å². The van der Waals surface area contributed by atoms with Gasteiger partial charge in [0, 0.05) is 19.6 Å². The van der Waals surface area contributed by atoms with Crippen LogP contribution in [0, 0.1) is 0 Å². The summed E-state index contributed by atoms with van der Waals surface area (Å²) >= 11 is 0. The van der Waals surface area contributed by atoms with E-state index in [1.54, 1.807) is 0 Å². The van der Waals surface area contributed by atoms with Crippen LogP contribution in [0.2, 0.25) is 0 Å². The average molecular weight is 246 g/mol. The Kier molecular flexibility index (Phi) is 4.02. The second-order valence-electron chi connectivity index (χ2n) is 5.11. The van der Waals surface area contributed by atoms with Crippen molar-refractivity contribution in [1.82, 2.24) is 10.2 Å². The molecule has 98 valence electrons. The van der Waals surface area contributed by atoms with E-state index in [0.29, 0.717) is 6.04 Å². The molecular weight excluding hydrogens is 224 g/mol. The second-order valence-corrected chi connectivity index (χ2v) is 5.11. The monoisotopic (exact) mass is 246 g/mol. The largest absolute Gasteiger partial charge is 0.342 e. The molecule has 1 aliphatic heterocycles. The van der Waals surface area contributed by atoms with Crippen molar-refractivity contribution in [3.8, 4) is 0 Å². The van der Waals surface area contributed by atoms with Gasteiger partial charge in [-0.2, -0.15) is 0 Å². The van der Waals surface area contributed by atoms with Gasteiger partial charge in [0.15, 0.2) is 0 Å². The first-order valence-corrected chi connectivity index (χ1v) is 6.70. The molecule has 1 N–H and O–H groups in total. The Morgan fingerprint density at radius 2 is 2.11 bits per heavy atom. The maximum atomic E-state index is 12.4. The van der Waals surface area contributed by atoms with E-state index in [1.807, 2.05) is 24.1 Å². The van der Waals surface area contributed by atoms with E-state index in [1.165, 1.54) is 11.1 Å². The second kappa shape index (κ2) is 5.53. The first kappa shape index (κ1) is 13.1. The lowest BCUT2D eigenvalue weighted by atomic mass is 9.95. The first-order chi connectivity index (χ1) is 8.63. The Morgan fingerprint density at radius 3 is 2.78 bits per heavy atom. The molecule has 3 heteroatoms. The number of nitrogens with one attached hydrogen (secondary N) is 1. The van der Waals surface area contributed by atoms with Gasteiger partial charge in [0.05, 0.1) is 6.04 Å². The summed E-state index contributed by atoms with van der Waals surface area (Å²) in [7, 11) is 1.90. The van der Waals surface area contributed by atoms with E-state index in [2.05, 4.69) is 31.3 Å². The number of hydrogen-bond donors (Lipinski definition) is 1. The highest BCUT2D eigenvalue weighted by molar-refractivity contribution is 5.82. The highest BCUT2D eigenvalue weighted by Crippen LogP contribution is 2.17. The molecular formula is C15H22N2O. The summed E-state index contributed by atoms with van der Waals surface area (Å²) in [5, 5.41) is 3.34. The van der Waals surface area contributed by atoms with Crippen LogP contribution in [0.25, 0.3) is 0 Å². The minimum atomic E-state index is -0.0705. The molecule has 1 aliphatic rings. The van der Waals surface area contributed by atoms with Crippen molar-refractivity contribution >= 4 is 5.91 Å². The molecule has 0 bridgehead atoms. The summed E-state index contributed by atoms with van der Waals surface area (Å²) in [6.07, 6.45) is 1.79. The summed E-state index contributed by atoms with van der Waals surface area (Å²) in [4.78, 5) is 14.2. The number of carbonyl (C=O) groups excluding carboxylic acids is 1. The van der Waals surface area contributed by atoms with Gasteiger partial charge in [0.1, 0.15) is 0 Å². The zero-order chi connectivity index (χ0) is 13.1. The molecule has 2 atom stereocenters. The summed E-state index contributed by atoms with van der Waals surface area (Å²) in [6.45, 7) is 4.99. The standard InChI is InChI=1S/C15H22N2O/c1-4-11(2)17(3)15(18)14-9-12-7-5-6-8-13(12)10-16-14/h5-8,11,14,16H,4,9-10H2,1-3H3. The molecule has 1 aromatic carbocycles. The van der Waals surface area contributed by atoms with Gasteiger partial charge in [-0.1, -0.05) is 31.2 Å². The molecule has 0 saturated carbocycles. The van der Waals surface area contributed by atoms with Crippen LogP contribution in [0.5, 0.6) is 0 Å². The Balaban J connectivity index is 2.07. The molecule has 0 fully saturated rings. The topological polar surface area (TPSA) is 32.3 Å². The molecule has 2 rings (SSSR count). The lowest BCUT2D eigenvalue weighted by Crippen LogP contribution is -2.50. The van der Waals surface area contributed by atoms with Crippen LogP contribution in [0.3, 0.4) is 0 Å². The predicted molar refractivity (Wildman–Crippen MR) is 73.3 cm³/mol. The van der Waals surface area contributed by atoms with Crippen LogP contribution in [0.1, 0.15) is 31.4 Å². The van der Waals surface area contributed by atoms with E-state index >= 15 is 0 Å². The third-order valence-corrected chi connectivity index (χ3v) is 3.98. The Hall–Kier alpha value is -1.35. The summed E-state index contributed by atoms with van der Waals surface area (Å²) in [5.41, 5.74) is 2.61. The van der Waals surface area contributed by atoms with Gasteiger partial charge < -0.3 is 10.2 Å². The van der Waals surface area contributed by atoms with Crippen LogP contribution in [0.15, 0.2) is 24.3 Å². The number of nitrogens with zero attached hydrogens (tertiary/aromatic N) is 1. The molecule has 1 amide bonds. The number of fused-ring (bicyclic) bond motifs is 1. The highest BCUT2D eigenvalue weighted by atomic mass is 16.2. The number of carbonyl (C=O) groups is 1. The minimum Gasteiger partial charge on any atom is -0.342 e. The van der Waals surface area contributed by atoms with Crippen LogP contribution in [-0.4, -0.2) is 29.9 Å². The number of amides is 1. The van der Waals surface area contributed by atoms with Crippen LogP contribution >= 0.6 is 0 Å². The fraction of sp³-hybridized carbons (Fsp3) is 0.533. The lowest BCUT2D eigenvalue weighted by Gasteiger charge is -2.31. The smallest absolute Gasteiger partial charge is 0.240 e. The fourth-order valence-corrected chi connectivity index (χ4v) is 2.37. The van der Waals surface area contributed by atoms with Gasteiger partial charge in [-0.15, -0.1) is 0 Å². The minimum absolute atomic E-state index is 0.0705. The van der Waals surface area contributed by atoms with Gasteiger partial charge >= 0.3 is 0 Å². The summed E-state index contributed by atoms with van der Waals surface area (Å²) in [6, 6.07) is 8.58. The number of benzene rings is 1. The number of likely N-dealkylation sites (N-methyl/N-ethyl adjacent to an activating group) is 1. The van der Waals surface area contributed by atoms with E-state index in [4.69, 9.17) is 0 Å². The summed E-state index contributed by atoms with van der Waals surface area (Å²) < 4.78 is 0. The maximum Gasteiger partial charge on any atom is 0.240 e. The molecule has 0 saturated heterocycles. The SMILES string of the molecule is CCC(C)N(C)C(=O)C1Cc2ccccc2CN1. The van der Waals surface area contributed by atoms with E-state index in [9.17, 15) is 4.79 Å². The van der Waals surface area contributed by atoms with Gasteiger partial charge in [0.2, 0.25) is 5.91 Å². The van der Waals surface area contributed by atoms with Gasteiger partial charge in [-0.25, -0.2) is 0 Å². The molecule has 0 aromatic heterocycles. The van der Waals surface area contributed by atoms with Crippen LogP contribution in [-0.2, 0) is 17.8 Å². The molecule has 1 heterocycles. The molecule has 18 heavy (non-hydrogen) atoms. The van der Waals surface area contributed by atoms with Crippen LogP contribution in [0.4, 0.5) is 0 Å². The predicted octanol–water partition coefficient (Wildman–Crippen LogP) is 1.96. The van der Waals surface area contributed by atoms with Crippen molar-refractivity contribution in [2.24, 2.45) is 0 Å². The Morgan fingerprint density at radius 1 is 1.44 bits per heavy atom. The zero-order valence-electron chi connectivity index (χ0n) is 11.4. The number of hydrogen-bond acceptors (Lipinski definition) is 2. The molecule has 0 radical (unpaired) electrons. The molecule has 0 spiro atoms. The quantitative estimate of drug-likeness (QED) is 0.884. The van der Waals surface area contributed by atoms with Crippen molar-refractivity contribution < 1.29 is 4.79 Å². The zero-order valence-corrected chi connectivity index (χ0v) is 11.4. The first-order valence-electron chi connectivity index (χ1n) is 6.70. The summed E-state index contributed by atoms with van der Waals surface area (Å²) in [5.74, 6) is 0.207. The van der Waals surface area contributed by atoms with Gasteiger partial charge in [-0.05, 0) is 30.9 Å². The molecule has 1 aromatic rings. The highest BCUT2D eigenvalue weighted by Gasteiger charge is 2.27. The average Bonchev–Trinajstić information content (AvgIpc) is 2.44. The molecule has 2 unspecified atom stereocenters. The number of rotatable bonds is 3. The van der Waals surface area contributed by atoms with Crippen molar-refractivity contribution in [3.05, 3.63) is 35.4 Å².